The van der Waals surface area contributed by atoms with Crippen LogP contribution in [-0.2, 0) is 14.3 Å². The summed E-state index contributed by atoms with van der Waals surface area (Å²) in [5.41, 5.74) is -2.58. The maximum absolute atomic E-state index is 13.3. The molecule has 8 rings (SSSR count). The number of fused-ring (bicyclic) bond motifs is 10. The van der Waals surface area contributed by atoms with E-state index in [1.165, 1.54) is 38.5 Å². The SMILES string of the molecule is C[C@@]12CCC[C@H]1[C@@H]1CCC3CCCC(O)(C(OC(C(=O)O)C4(O)CCCC5CC[C@@H]6[C@H](CC[C@]7(C)CCC[C@@H]67)[C@H]54)C(=O)O)[C@@H]3[C@H]1CC2. The van der Waals surface area contributed by atoms with Gasteiger partial charge in [-0.2, -0.15) is 0 Å². The molecule has 0 spiro atoms. The zero-order valence-corrected chi connectivity index (χ0v) is 29.1. The van der Waals surface area contributed by atoms with Crippen LogP contribution in [-0.4, -0.2) is 55.8 Å². The summed E-state index contributed by atoms with van der Waals surface area (Å²) in [4.78, 5) is 26.7. The fourth-order valence-corrected chi connectivity index (χ4v) is 15.6. The van der Waals surface area contributed by atoms with Crippen LogP contribution < -0.4 is 0 Å². The normalized spacial score (nSPS) is 53.3. The largest absolute Gasteiger partial charge is 0.479 e. The molecule has 4 N–H and O–H groups in total. The molecule has 0 saturated heterocycles. The Bertz CT molecular complexity index is 1140. The summed E-state index contributed by atoms with van der Waals surface area (Å²) in [6, 6.07) is 0. The summed E-state index contributed by atoms with van der Waals surface area (Å²) in [6.45, 7) is 4.90. The van der Waals surface area contributed by atoms with Gasteiger partial charge in [-0.05, 0) is 173 Å². The average Bonchev–Trinajstić information content (AvgIpc) is 3.63. The monoisotopic (exact) mass is 654 g/mol. The van der Waals surface area contributed by atoms with E-state index >= 15 is 0 Å². The molecule has 0 radical (unpaired) electrons. The van der Waals surface area contributed by atoms with Gasteiger partial charge in [-0.3, -0.25) is 0 Å². The number of hydrogen-bond donors (Lipinski definition) is 4. The minimum atomic E-state index is -1.67. The second kappa shape index (κ2) is 11.7. The molecule has 0 aromatic carbocycles. The maximum Gasteiger partial charge on any atom is 0.335 e. The van der Waals surface area contributed by atoms with Gasteiger partial charge in [-0.15, -0.1) is 0 Å². The molecule has 0 aliphatic heterocycles. The lowest BCUT2D eigenvalue weighted by atomic mass is 9.47. The Balaban J connectivity index is 1.12. The van der Waals surface area contributed by atoms with Gasteiger partial charge in [0.05, 0.1) is 0 Å². The van der Waals surface area contributed by atoms with Crippen molar-refractivity contribution in [3.63, 3.8) is 0 Å². The number of ether oxygens (including phenoxy) is 1. The molecule has 0 amide bonds. The van der Waals surface area contributed by atoms with Crippen LogP contribution in [0.15, 0.2) is 0 Å². The Morgan fingerprint density at radius 2 is 0.936 bits per heavy atom. The molecule has 0 aromatic heterocycles. The quantitative estimate of drug-likeness (QED) is 0.234. The number of carboxylic acids is 2. The fourth-order valence-electron chi connectivity index (χ4n) is 15.6. The van der Waals surface area contributed by atoms with Crippen molar-refractivity contribution >= 4 is 11.9 Å². The maximum atomic E-state index is 13.3. The lowest BCUT2D eigenvalue weighted by Crippen LogP contribution is -2.67. The standard InChI is InChI=1S/C40H62O7/c1-37-17-5-9-29(37)25-13-11-23-7-3-19-39(45,31(23)27(25)15-21-37)33(35(41)42)47-34(36(43)44)40(46)20-4-8-24-12-14-26-28(32(24)40)16-22-38(2)18-6-10-30(26)38/h23-34,45-46H,3-22H2,1-2H3,(H,41,42)(H,43,44)/t23?,24?,25-,26-,27+,28+,29+,30+,31+,32+,33?,34?,37+,38+,39?,40?/m1/s1. The van der Waals surface area contributed by atoms with Crippen molar-refractivity contribution in [2.75, 3.05) is 0 Å². The molecular formula is C40H62O7. The highest BCUT2D eigenvalue weighted by molar-refractivity contribution is 5.77. The van der Waals surface area contributed by atoms with Gasteiger partial charge in [0.25, 0.3) is 0 Å². The molecule has 0 bridgehead atoms. The number of rotatable bonds is 6. The molecule has 264 valence electrons. The zero-order valence-electron chi connectivity index (χ0n) is 29.1. The van der Waals surface area contributed by atoms with E-state index in [0.29, 0.717) is 47.3 Å². The van der Waals surface area contributed by atoms with Crippen LogP contribution in [0.25, 0.3) is 0 Å². The molecule has 0 heterocycles. The molecular weight excluding hydrogens is 592 g/mol. The Labute approximate surface area is 282 Å². The molecule has 7 nitrogen and oxygen atoms in total. The molecule has 16 atom stereocenters. The van der Waals surface area contributed by atoms with E-state index in [1.807, 2.05) is 0 Å². The molecule has 0 aromatic rings. The number of carbonyl (C=O) groups is 2. The average molecular weight is 655 g/mol. The molecule has 8 fully saturated rings. The van der Waals surface area contributed by atoms with Gasteiger partial charge in [-0.25, -0.2) is 9.59 Å². The minimum absolute atomic E-state index is 0.207. The van der Waals surface area contributed by atoms with Gasteiger partial charge in [0.1, 0.15) is 11.2 Å². The van der Waals surface area contributed by atoms with Crippen molar-refractivity contribution in [1.82, 2.24) is 0 Å². The molecule has 8 aliphatic rings. The zero-order chi connectivity index (χ0) is 32.9. The topological polar surface area (TPSA) is 124 Å². The smallest absolute Gasteiger partial charge is 0.335 e. The summed E-state index contributed by atoms with van der Waals surface area (Å²) in [6.07, 6.45) is 16.8. The Morgan fingerprint density at radius 3 is 1.34 bits per heavy atom. The van der Waals surface area contributed by atoms with Crippen LogP contribution >= 0.6 is 0 Å². The predicted molar refractivity (Wildman–Crippen MR) is 177 cm³/mol. The lowest BCUT2D eigenvalue weighted by molar-refractivity contribution is -0.261. The Morgan fingerprint density at radius 1 is 0.532 bits per heavy atom. The van der Waals surface area contributed by atoms with Crippen molar-refractivity contribution in [1.29, 1.82) is 0 Å². The summed E-state index contributed by atoms with van der Waals surface area (Å²) < 4.78 is 6.43. The van der Waals surface area contributed by atoms with Gasteiger partial charge in [0, 0.05) is 0 Å². The van der Waals surface area contributed by atoms with Crippen molar-refractivity contribution in [2.24, 2.45) is 70.0 Å². The van der Waals surface area contributed by atoms with E-state index in [0.717, 1.165) is 77.0 Å². The van der Waals surface area contributed by atoms with Crippen molar-refractivity contribution in [3.05, 3.63) is 0 Å². The third-order valence-corrected chi connectivity index (χ3v) is 17.3. The first-order chi connectivity index (χ1) is 22.4. The van der Waals surface area contributed by atoms with E-state index in [1.54, 1.807) is 0 Å². The van der Waals surface area contributed by atoms with E-state index in [4.69, 9.17) is 4.74 Å². The predicted octanol–water partition coefficient (Wildman–Crippen LogP) is 7.46. The lowest BCUT2D eigenvalue weighted by Gasteiger charge is -2.61. The van der Waals surface area contributed by atoms with Gasteiger partial charge >= 0.3 is 11.9 Å². The highest BCUT2D eigenvalue weighted by Crippen LogP contribution is 2.66. The third kappa shape index (κ3) is 4.95. The van der Waals surface area contributed by atoms with E-state index in [-0.39, 0.29) is 35.5 Å². The summed E-state index contributed by atoms with van der Waals surface area (Å²) in [5, 5.41) is 47.4. The highest BCUT2D eigenvalue weighted by Gasteiger charge is 2.65. The van der Waals surface area contributed by atoms with E-state index < -0.39 is 35.3 Å². The number of carboxylic acid groups (broad SMARTS) is 2. The molecule has 7 heteroatoms. The van der Waals surface area contributed by atoms with Crippen LogP contribution in [0.4, 0.5) is 0 Å². The third-order valence-electron chi connectivity index (χ3n) is 17.3. The van der Waals surface area contributed by atoms with Gasteiger partial charge in [0.2, 0.25) is 0 Å². The molecule has 47 heavy (non-hydrogen) atoms. The number of aliphatic carboxylic acids is 2. The van der Waals surface area contributed by atoms with Crippen molar-refractivity contribution in [3.8, 4) is 0 Å². The minimum Gasteiger partial charge on any atom is -0.479 e. The van der Waals surface area contributed by atoms with Crippen molar-refractivity contribution in [2.45, 2.75) is 166 Å². The van der Waals surface area contributed by atoms with Gasteiger partial charge in [-0.1, -0.05) is 39.5 Å². The van der Waals surface area contributed by atoms with Crippen LogP contribution in [0.5, 0.6) is 0 Å². The van der Waals surface area contributed by atoms with E-state index in [2.05, 4.69) is 13.8 Å². The highest BCUT2D eigenvalue weighted by atomic mass is 16.6. The number of hydrogen-bond acceptors (Lipinski definition) is 5. The fraction of sp³-hybridized carbons (Fsp3) is 0.950. The molecule has 8 aliphatic carbocycles. The number of aliphatic hydroxyl groups is 2. The summed E-state index contributed by atoms with van der Waals surface area (Å²) in [7, 11) is 0. The van der Waals surface area contributed by atoms with E-state index in [9.17, 15) is 30.0 Å². The second-order valence-electron chi connectivity index (χ2n) is 19.1. The van der Waals surface area contributed by atoms with Crippen molar-refractivity contribution < 1.29 is 34.8 Å². The first kappa shape index (κ1) is 33.0. The van der Waals surface area contributed by atoms with Gasteiger partial charge < -0.3 is 25.2 Å². The summed E-state index contributed by atoms with van der Waals surface area (Å²) in [5.74, 6) is 0.215. The molecule has 6 unspecified atom stereocenters. The van der Waals surface area contributed by atoms with Gasteiger partial charge in [0.15, 0.2) is 12.2 Å². The van der Waals surface area contributed by atoms with Crippen LogP contribution in [0, 0.1) is 70.0 Å². The summed E-state index contributed by atoms with van der Waals surface area (Å²) >= 11 is 0. The van der Waals surface area contributed by atoms with Crippen LogP contribution in [0.1, 0.15) is 142 Å². The first-order valence-electron chi connectivity index (χ1n) is 20.0. The van der Waals surface area contributed by atoms with Crippen LogP contribution in [0.2, 0.25) is 0 Å². The molecule has 8 saturated carbocycles. The van der Waals surface area contributed by atoms with Crippen LogP contribution in [0.3, 0.4) is 0 Å². The Hall–Kier alpha value is -1.18. The second-order valence-corrected chi connectivity index (χ2v) is 19.1. The first-order valence-corrected chi connectivity index (χ1v) is 20.0. The Kier molecular flexibility index (Phi) is 8.20.